The number of hydrogen-bond donors (Lipinski definition) is 1. The van der Waals surface area contributed by atoms with Crippen LogP contribution in [0.2, 0.25) is 0 Å². The predicted molar refractivity (Wildman–Crippen MR) is 128 cm³/mol. The zero-order chi connectivity index (χ0) is 25.3. The Labute approximate surface area is 209 Å². The molecule has 2 unspecified atom stereocenters. The number of alkyl halides is 3. The Balaban J connectivity index is 1.32. The van der Waals surface area contributed by atoms with Gasteiger partial charge in [-0.1, -0.05) is 25.2 Å². The number of piperidine rings is 1. The molecule has 1 fully saturated rings. The number of halogens is 3. The molecule has 8 nitrogen and oxygen atoms in total. The molecule has 0 radical (unpaired) electrons. The highest BCUT2D eigenvalue weighted by Crippen LogP contribution is 2.44. The summed E-state index contributed by atoms with van der Waals surface area (Å²) in [6.07, 6.45) is 0.0191. The highest BCUT2D eigenvalue weighted by atomic mass is 32.1. The zero-order valence-corrected chi connectivity index (χ0v) is 20.6. The van der Waals surface area contributed by atoms with Crippen LogP contribution in [-0.4, -0.2) is 45.0 Å². The van der Waals surface area contributed by atoms with Crippen molar-refractivity contribution in [3.8, 4) is 16.5 Å². The molecule has 2 atom stereocenters. The Morgan fingerprint density at radius 3 is 2.75 bits per heavy atom. The molecule has 0 amide bonds. The molecule has 12 heteroatoms. The summed E-state index contributed by atoms with van der Waals surface area (Å²) in [6.45, 7) is 6.60. The van der Waals surface area contributed by atoms with Crippen molar-refractivity contribution in [2.24, 2.45) is 11.8 Å². The molecule has 1 aliphatic rings. The average molecular weight is 519 g/mol. The van der Waals surface area contributed by atoms with E-state index in [1.54, 1.807) is 18.3 Å². The van der Waals surface area contributed by atoms with E-state index in [0.717, 1.165) is 37.8 Å². The first-order valence-corrected chi connectivity index (χ1v) is 12.5. The SMILES string of the molecule is CC(C)C1CNCCC1(CCOc1nc2ccc(-c3ccc(C(F)(F)F)nc3)nc2s1)c1cnno1. The first-order chi connectivity index (χ1) is 17.3. The molecule has 4 aromatic rings. The summed E-state index contributed by atoms with van der Waals surface area (Å²) >= 11 is 1.30. The van der Waals surface area contributed by atoms with Crippen LogP contribution in [0.15, 0.2) is 41.2 Å². The Kier molecular flexibility index (Phi) is 6.64. The predicted octanol–water partition coefficient (Wildman–Crippen LogP) is 5.13. The van der Waals surface area contributed by atoms with Crippen molar-refractivity contribution in [3.63, 3.8) is 0 Å². The van der Waals surface area contributed by atoms with Crippen molar-refractivity contribution in [3.05, 3.63) is 48.1 Å². The molecule has 1 N–H and O–H groups in total. The lowest BCUT2D eigenvalue weighted by Crippen LogP contribution is -2.50. The molecule has 1 saturated heterocycles. The minimum Gasteiger partial charge on any atom is -0.470 e. The van der Waals surface area contributed by atoms with Crippen LogP contribution in [0.3, 0.4) is 0 Å². The quantitative estimate of drug-likeness (QED) is 0.360. The third-order valence-electron chi connectivity index (χ3n) is 6.84. The highest BCUT2D eigenvalue weighted by molar-refractivity contribution is 7.19. The van der Waals surface area contributed by atoms with Gasteiger partial charge in [-0.05, 0) is 62.0 Å². The number of nitrogens with one attached hydrogen (secondary N) is 1. The fraction of sp³-hybridized carbons (Fsp3) is 0.458. The van der Waals surface area contributed by atoms with Gasteiger partial charge in [0.2, 0.25) is 0 Å². The van der Waals surface area contributed by atoms with Gasteiger partial charge in [0.05, 0.1) is 18.5 Å². The minimum atomic E-state index is -4.48. The molecule has 0 saturated carbocycles. The summed E-state index contributed by atoms with van der Waals surface area (Å²) in [5.74, 6) is 1.54. The number of hydrogen-bond acceptors (Lipinski definition) is 9. The maximum atomic E-state index is 12.8. The monoisotopic (exact) mass is 518 g/mol. The normalized spacial score (nSPS) is 20.8. The van der Waals surface area contributed by atoms with Gasteiger partial charge in [0.25, 0.3) is 5.19 Å². The Morgan fingerprint density at radius 2 is 2.06 bits per heavy atom. The van der Waals surface area contributed by atoms with Gasteiger partial charge in [-0.15, -0.1) is 5.10 Å². The highest BCUT2D eigenvalue weighted by Gasteiger charge is 2.46. The summed E-state index contributed by atoms with van der Waals surface area (Å²) in [6, 6.07) is 5.81. The number of aromatic nitrogens is 5. The van der Waals surface area contributed by atoms with Gasteiger partial charge in [0.15, 0.2) is 5.76 Å². The van der Waals surface area contributed by atoms with Gasteiger partial charge < -0.3 is 14.6 Å². The lowest BCUT2D eigenvalue weighted by atomic mass is 9.63. The molecular weight excluding hydrogens is 493 g/mol. The maximum absolute atomic E-state index is 12.8. The van der Waals surface area contributed by atoms with E-state index in [1.165, 1.54) is 23.6 Å². The van der Waals surface area contributed by atoms with Gasteiger partial charge >= 0.3 is 6.18 Å². The van der Waals surface area contributed by atoms with Crippen LogP contribution < -0.4 is 10.1 Å². The standard InChI is InChI=1S/C24H25F3N6O2S/c1-14(2)16-12-28-9-7-23(16,20-13-30-33-35-20)8-10-34-22-32-18-5-4-17(31-21(18)36-22)15-3-6-19(29-11-15)24(25,26)27/h3-6,11,13-14,16,28H,7-10,12H2,1-2H3. The second-order valence-electron chi connectivity index (χ2n) is 9.27. The second kappa shape index (κ2) is 9.74. The smallest absolute Gasteiger partial charge is 0.433 e. The van der Waals surface area contributed by atoms with Crippen LogP contribution in [-0.2, 0) is 11.6 Å². The van der Waals surface area contributed by atoms with Gasteiger partial charge in [0, 0.05) is 22.4 Å². The zero-order valence-electron chi connectivity index (χ0n) is 19.7. The van der Waals surface area contributed by atoms with Crippen LogP contribution in [0.1, 0.15) is 38.1 Å². The first kappa shape index (κ1) is 24.6. The Bertz CT molecular complexity index is 1310. The lowest BCUT2D eigenvalue weighted by Gasteiger charge is -2.44. The Morgan fingerprint density at radius 1 is 1.19 bits per heavy atom. The number of thiazole rings is 1. The van der Waals surface area contributed by atoms with Crippen molar-refractivity contribution in [1.82, 2.24) is 30.6 Å². The van der Waals surface area contributed by atoms with E-state index < -0.39 is 11.9 Å². The van der Waals surface area contributed by atoms with Crippen LogP contribution in [0.4, 0.5) is 13.2 Å². The molecule has 0 aromatic carbocycles. The van der Waals surface area contributed by atoms with Crippen LogP contribution in [0.25, 0.3) is 21.6 Å². The summed E-state index contributed by atoms with van der Waals surface area (Å²) < 4.78 is 50.0. The molecule has 5 heterocycles. The van der Waals surface area contributed by atoms with Crippen LogP contribution in [0, 0.1) is 11.8 Å². The largest absolute Gasteiger partial charge is 0.470 e. The molecule has 36 heavy (non-hydrogen) atoms. The molecule has 5 rings (SSSR count). The van der Waals surface area contributed by atoms with Crippen molar-refractivity contribution in [2.75, 3.05) is 19.7 Å². The van der Waals surface area contributed by atoms with E-state index in [4.69, 9.17) is 9.26 Å². The summed E-state index contributed by atoms with van der Waals surface area (Å²) in [5.41, 5.74) is 0.502. The molecule has 0 bridgehead atoms. The molecule has 0 aliphatic carbocycles. The molecule has 0 spiro atoms. The molecule has 4 aromatic heterocycles. The topological polar surface area (TPSA) is 98.8 Å². The lowest BCUT2D eigenvalue weighted by molar-refractivity contribution is -0.141. The van der Waals surface area contributed by atoms with E-state index in [9.17, 15) is 13.2 Å². The van der Waals surface area contributed by atoms with Crippen molar-refractivity contribution >= 4 is 21.7 Å². The van der Waals surface area contributed by atoms with Gasteiger partial charge in [-0.2, -0.15) is 13.2 Å². The molecule has 190 valence electrons. The van der Waals surface area contributed by atoms with Crippen LogP contribution in [0.5, 0.6) is 5.19 Å². The number of fused-ring (bicyclic) bond motifs is 1. The Hall–Kier alpha value is -3.12. The number of nitrogens with zero attached hydrogens (tertiary/aromatic N) is 5. The number of rotatable bonds is 7. The molecular formula is C24H25F3N6O2S. The fourth-order valence-corrected chi connectivity index (χ4v) is 5.82. The van der Waals surface area contributed by atoms with E-state index in [-0.39, 0.29) is 5.41 Å². The second-order valence-corrected chi connectivity index (χ2v) is 10.2. The van der Waals surface area contributed by atoms with Crippen LogP contribution >= 0.6 is 11.3 Å². The maximum Gasteiger partial charge on any atom is 0.433 e. The van der Waals surface area contributed by atoms with Gasteiger partial charge in [0.1, 0.15) is 16.0 Å². The molecule has 1 aliphatic heterocycles. The summed E-state index contributed by atoms with van der Waals surface area (Å²) in [7, 11) is 0. The van der Waals surface area contributed by atoms with Crippen molar-refractivity contribution in [2.45, 2.75) is 38.3 Å². The van der Waals surface area contributed by atoms with Gasteiger partial charge in [-0.25, -0.2) is 9.97 Å². The number of pyridine rings is 2. The van der Waals surface area contributed by atoms with Crippen molar-refractivity contribution < 1.29 is 22.4 Å². The van der Waals surface area contributed by atoms with E-state index in [0.29, 0.717) is 45.2 Å². The first-order valence-electron chi connectivity index (χ1n) is 11.7. The minimum absolute atomic E-state index is 0.236. The summed E-state index contributed by atoms with van der Waals surface area (Å²) in [5, 5.41) is 11.6. The van der Waals surface area contributed by atoms with Gasteiger partial charge in [-0.3, -0.25) is 4.98 Å². The van der Waals surface area contributed by atoms with E-state index in [2.05, 4.69) is 44.5 Å². The average Bonchev–Trinajstić information content (AvgIpc) is 3.53. The third-order valence-corrected chi connectivity index (χ3v) is 7.72. The summed E-state index contributed by atoms with van der Waals surface area (Å²) in [4.78, 5) is 13.2. The third kappa shape index (κ3) is 4.79. The number of ether oxygens (including phenoxy) is 1. The fourth-order valence-electron chi connectivity index (χ4n) is 5.00. The van der Waals surface area contributed by atoms with Crippen molar-refractivity contribution in [1.29, 1.82) is 0 Å². The van der Waals surface area contributed by atoms with E-state index >= 15 is 0 Å². The van der Waals surface area contributed by atoms with E-state index in [1.807, 2.05) is 0 Å².